The van der Waals surface area contributed by atoms with Crippen LogP contribution in [0.4, 0.5) is 0 Å². The van der Waals surface area contributed by atoms with E-state index in [4.69, 9.17) is 5.11 Å². The Morgan fingerprint density at radius 2 is 1.91 bits per heavy atom. The Hall–Kier alpha value is -0.0800. The van der Waals surface area contributed by atoms with Gasteiger partial charge in [-0.05, 0) is 24.7 Å². The number of hydrogen-bond donors (Lipinski definition) is 2. The van der Waals surface area contributed by atoms with Crippen LogP contribution in [-0.4, -0.2) is 22.9 Å². The van der Waals surface area contributed by atoms with E-state index < -0.39 is 0 Å². The van der Waals surface area contributed by atoms with Gasteiger partial charge in [0.15, 0.2) is 0 Å². The van der Waals surface area contributed by atoms with Crippen LogP contribution in [0.25, 0.3) is 0 Å². The third-order valence-corrected chi connectivity index (χ3v) is 2.45. The molecule has 0 aliphatic rings. The predicted octanol–water partition coefficient (Wildman–Crippen LogP) is 1.56. The van der Waals surface area contributed by atoms with Gasteiger partial charge in [-0.25, -0.2) is 0 Å². The molecule has 0 heterocycles. The number of hydrogen-bond acceptors (Lipinski definition) is 2. The molecule has 0 saturated carbocycles. The van der Waals surface area contributed by atoms with Gasteiger partial charge in [0, 0.05) is 6.61 Å². The van der Waals surface area contributed by atoms with Crippen molar-refractivity contribution >= 4 is 0 Å². The van der Waals surface area contributed by atoms with Crippen LogP contribution in [0.1, 0.15) is 40.0 Å². The summed E-state index contributed by atoms with van der Waals surface area (Å²) in [4.78, 5) is 0. The van der Waals surface area contributed by atoms with Gasteiger partial charge in [0.1, 0.15) is 0 Å². The predicted molar refractivity (Wildman–Crippen MR) is 46.4 cm³/mol. The Bertz CT molecular complexity index is 99.7. The van der Waals surface area contributed by atoms with Crippen LogP contribution in [0.15, 0.2) is 0 Å². The molecule has 0 aliphatic carbocycles. The molecule has 0 aliphatic heterocycles. The molecule has 0 bridgehead atoms. The zero-order chi connectivity index (χ0) is 8.91. The molecular weight excluding hydrogens is 140 g/mol. The van der Waals surface area contributed by atoms with E-state index in [2.05, 4.69) is 20.8 Å². The van der Waals surface area contributed by atoms with E-state index in [1.165, 1.54) is 0 Å². The van der Waals surface area contributed by atoms with Crippen molar-refractivity contribution in [1.82, 2.24) is 0 Å². The third-order valence-electron chi connectivity index (χ3n) is 2.45. The maximum absolute atomic E-state index is 9.60. The van der Waals surface area contributed by atoms with Gasteiger partial charge in [0.05, 0.1) is 6.10 Å². The van der Waals surface area contributed by atoms with Crippen LogP contribution in [-0.2, 0) is 0 Å². The van der Waals surface area contributed by atoms with Gasteiger partial charge in [-0.1, -0.05) is 20.8 Å². The van der Waals surface area contributed by atoms with E-state index in [0.717, 1.165) is 6.42 Å². The lowest BCUT2D eigenvalue weighted by molar-refractivity contribution is 0.0352. The average Bonchev–Trinajstić information content (AvgIpc) is 2.00. The molecule has 2 heteroatoms. The molecule has 0 aromatic rings. The van der Waals surface area contributed by atoms with E-state index in [-0.39, 0.29) is 18.1 Å². The van der Waals surface area contributed by atoms with E-state index in [0.29, 0.717) is 12.8 Å². The van der Waals surface area contributed by atoms with Gasteiger partial charge in [-0.15, -0.1) is 0 Å². The first-order chi connectivity index (χ1) is 5.04. The molecule has 0 spiro atoms. The van der Waals surface area contributed by atoms with Gasteiger partial charge in [0.25, 0.3) is 0 Å². The third kappa shape index (κ3) is 3.73. The second kappa shape index (κ2) is 4.73. The second-order valence-corrected chi connectivity index (χ2v) is 3.72. The van der Waals surface area contributed by atoms with Gasteiger partial charge in [-0.3, -0.25) is 0 Å². The fourth-order valence-electron chi connectivity index (χ4n) is 0.911. The van der Waals surface area contributed by atoms with Gasteiger partial charge >= 0.3 is 0 Å². The smallest absolute Gasteiger partial charge is 0.0591 e. The van der Waals surface area contributed by atoms with E-state index in [1.807, 2.05) is 0 Å². The normalized spacial score (nSPS) is 15.0. The quantitative estimate of drug-likeness (QED) is 0.640. The molecule has 11 heavy (non-hydrogen) atoms. The minimum absolute atomic E-state index is 0.00479. The summed E-state index contributed by atoms with van der Waals surface area (Å²) in [5.41, 5.74) is -0.00479. The summed E-state index contributed by atoms with van der Waals surface area (Å²) in [5, 5.41) is 18.1. The maximum atomic E-state index is 9.60. The lowest BCUT2D eigenvalue weighted by atomic mass is 9.82. The molecule has 1 unspecified atom stereocenters. The van der Waals surface area contributed by atoms with Crippen LogP contribution >= 0.6 is 0 Å². The van der Waals surface area contributed by atoms with Crippen molar-refractivity contribution in [2.75, 3.05) is 6.61 Å². The first-order valence-electron chi connectivity index (χ1n) is 4.33. The van der Waals surface area contributed by atoms with Crippen molar-refractivity contribution < 1.29 is 10.2 Å². The van der Waals surface area contributed by atoms with Crippen molar-refractivity contribution in [1.29, 1.82) is 0 Å². The summed E-state index contributed by atoms with van der Waals surface area (Å²) in [7, 11) is 0. The molecule has 0 aromatic carbocycles. The monoisotopic (exact) mass is 160 g/mol. The topological polar surface area (TPSA) is 40.5 Å². The minimum atomic E-state index is -0.278. The molecule has 2 N–H and O–H groups in total. The first kappa shape index (κ1) is 10.9. The Balaban J connectivity index is 3.71. The molecule has 0 aromatic heterocycles. The molecular formula is C9H20O2. The van der Waals surface area contributed by atoms with Crippen LogP contribution in [0.2, 0.25) is 0 Å². The summed E-state index contributed by atoms with van der Waals surface area (Å²) >= 11 is 0. The molecule has 0 radical (unpaired) electrons. The highest BCUT2D eigenvalue weighted by Crippen LogP contribution is 2.27. The average molecular weight is 160 g/mol. The highest BCUT2D eigenvalue weighted by molar-refractivity contribution is 4.75. The summed E-state index contributed by atoms with van der Waals surface area (Å²) in [6, 6.07) is 0. The summed E-state index contributed by atoms with van der Waals surface area (Å²) in [6.45, 7) is 6.35. The minimum Gasteiger partial charge on any atom is -0.396 e. The Morgan fingerprint density at radius 3 is 2.27 bits per heavy atom. The SMILES string of the molecule is CCC(C)(C)C(O)CCCO. The zero-order valence-electron chi connectivity index (χ0n) is 7.80. The van der Waals surface area contributed by atoms with Crippen molar-refractivity contribution in [3.63, 3.8) is 0 Å². The largest absolute Gasteiger partial charge is 0.396 e. The van der Waals surface area contributed by atoms with E-state index in [1.54, 1.807) is 0 Å². The highest BCUT2D eigenvalue weighted by atomic mass is 16.3. The molecule has 2 nitrogen and oxygen atoms in total. The lowest BCUT2D eigenvalue weighted by Crippen LogP contribution is -2.28. The van der Waals surface area contributed by atoms with Crippen LogP contribution in [0.5, 0.6) is 0 Å². The Labute approximate surface area is 69.2 Å². The molecule has 0 saturated heterocycles. The highest BCUT2D eigenvalue weighted by Gasteiger charge is 2.24. The fraction of sp³-hybridized carbons (Fsp3) is 1.00. The second-order valence-electron chi connectivity index (χ2n) is 3.72. The van der Waals surface area contributed by atoms with Gasteiger partial charge in [0.2, 0.25) is 0 Å². The first-order valence-corrected chi connectivity index (χ1v) is 4.33. The van der Waals surface area contributed by atoms with Crippen LogP contribution in [0.3, 0.4) is 0 Å². The fourth-order valence-corrected chi connectivity index (χ4v) is 0.911. The number of aliphatic hydroxyl groups excluding tert-OH is 2. The summed E-state index contributed by atoms with van der Waals surface area (Å²) in [6.07, 6.45) is 2.10. The molecule has 0 fully saturated rings. The van der Waals surface area contributed by atoms with Gasteiger partial charge in [-0.2, -0.15) is 0 Å². The van der Waals surface area contributed by atoms with E-state index in [9.17, 15) is 5.11 Å². The van der Waals surface area contributed by atoms with Gasteiger partial charge < -0.3 is 10.2 Å². The van der Waals surface area contributed by atoms with Crippen LogP contribution in [0, 0.1) is 5.41 Å². The Kier molecular flexibility index (Phi) is 4.69. The molecule has 0 amide bonds. The molecule has 68 valence electrons. The molecule has 1 atom stereocenters. The lowest BCUT2D eigenvalue weighted by Gasteiger charge is -2.28. The summed E-state index contributed by atoms with van der Waals surface area (Å²) < 4.78 is 0. The standard InChI is InChI=1S/C9H20O2/c1-4-9(2,3)8(11)6-5-7-10/h8,10-11H,4-7H2,1-3H3. The van der Waals surface area contributed by atoms with E-state index >= 15 is 0 Å². The van der Waals surface area contributed by atoms with Crippen LogP contribution < -0.4 is 0 Å². The van der Waals surface area contributed by atoms with Crippen molar-refractivity contribution in [3.05, 3.63) is 0 Å². The molecule has 0 rings (SSSR count). The Morgan fingerprint density at radius 1 is 1.36 bits per heavy atom. The number of aliphatic hydroxyl groups is 2. The van der Waals surface area contributed by atoms with Crippen molar-refractivity contribution in [2.24, 2.45) is 5.41 Å². The van der Waals surface area contributed by atoms with Crippen molar-refractivity contribution in [2.45, 2.75) is 46.1 Å². The number of rotatable bonds is 5. The summed E-state index contributed by atoms with van der Waals surface area (Å²) in [5.74, 6) is 0. The zero-order valence-corrected chi connectivity index (χ0v) is 7.80. The maximum Gasteiger partial charge on any atom is 0.0591 e. The van der Waals surface area contributed by atoms with Crippen molar-refractivity contribution in [3.8, 4) is 0 Å².